The number of aromatic nitrogens is 3. The second-order valence-electron chi connectivity index (χ2n) is 6.70. The van der Waals surface area contributed by atoms with Crippen LogP contribution >= 0.6 is 24.0 Å². The average Bonchev–Trinajstić information content (AvgIpc) is 3.04. The molecule has 2 unspecified atom stereocenters. The summed E-state index contributed by atoms with van der Waals surface area (Å²) in [5, 5.41) is 11.8. The van der Waals surface area contributed by atoms with Gasteiger partial charge in [-0.05, 0) is 30.4 Å². The Hall–Kier alpha value is -1.64. The van der Waals surface area contributed by atoms with Crippen molar-refractivity contribution in [1.82, 2.24) is 25.0 Å². The largest absolute Gasteiger partial charge is 0.349 e. The molecule has 0 amide bonds. The van der Waals surface area contributed by atoms with Crippen molar-refractivity contribution in [3.05, 3.63) is 42.5 Å². The van der Waals surface area contributed by atoms with E-state index in [0.29, 0.717) is 18.4 Å². The maximum absolute atomic E-state index is 4.46. The van der Waals surface area contributed by atoms with Crippen molar-refractivity contribution in [3.63, 3.8) is 0 Å². The fraction of sp³-hybridized carbons (Fsp3) is 0.500. The molecule has 0 bridgehead atoms. The Kier molecular flexibility index (Phi) is 7.22. The molecule has 0 aliphatic carbocycles. The molecule has 136 valence electrons. The number of piperidine rings is 1. The van der Waals surface area contributed by atoms with Gasteiger partial charge in [-0.1, -0.05) is 32.0 Å². The van der Waals surface area contributed by atoms with E-state index in [1.165, 1.54) is 6.42 Å². The summed E-state index contributed by atoms with van der Waals surface area (Å²) < 4.78 is 2.00. The number of guanidine groups is 1. The van der Waals surface area contributed by atoms with Gasteiger partial charge in [0.1, 0.15) is 6.33 Å². The van der Waals surface area contributed by atoms with Crippen molar-refractivity contribution >= 4 is 29.9 Å². The highest BCUT2D eigenvalue weighted by Crippen LogP contribution is 2.21. The minimum Gasteiger partial charge on any atom is -0.349 e. The van der Waals surface area contributed by atoms with Crippen LogP contribution in [-0.2, 0) is 6.54 Å². The number of benzene rings is 1. The van der Waals surface area contributed by atoms with Crippen LogP contribution < -0.4 is 5.32 Å². The van der Waals surface area contributed by atoms with Crippen LogP contribution in [0.2, 0.25) is 0 Å². The van der Waals surface area contributed by atoms with Crippen LogP contribution in [0.3, 0.4) is 0 Å². The van der Waals surface area contributed by atoms with E-state index in [2.05, 4.69) is 51.4 Å². The van der Waals surface area contributed by atoms with Crippen LogP contribution in [-0.4, -0.2) is 45.8 Å². The van der Waals surface area contributed by atoms with Crippen molar-refractivity contribution in [2.24, 2.45) is 16.8 Å². The first-order valence-electron chi connectivity index (χ1n) is 8.57. The third kappa shape index (κ3) is 4.93. The number of hydrogen-bond acceptors (Lipinski definition) is 3. The van der Waals surface area contributed by atoms with Crippen molar-refractivity contribution in [2.45, 2.75) is 26.8 Å². The maximum atomic E-state index is 4.46. The Morgan fingerprint density at radius 1 is 1.20 bits per heavy atom. The standard InChI is InChI=1S/C18H26N6.HI/c1-14-9-15(2)12-23(11-14)18(19-3)20-10-17-22-21-13-24(17)16-7-5-4-6-8-16;/h4-8,13-15H,9-12H2,1-3H3,(H,19,20);1H. The van der Waals surface area contributed by atoms with E-state index in [9.17, 15) is 0 Å². The highest BCUT2D eigenvalue weighted by molar-refractivity contribution is 14.0. The van der Waals surface area contributed by atoms with Crippen molar-refractivity contribution < 1.29 is 0 Å². The monoisotopic (exact) mass is 454 g/mol. The Labute approximate surface area is 166 Å². The second kappa shape index (κ2) is 9.17. The zero-order valence-corrected chi connectivity index (χ0v) is 17.4. The van der Waals surface area contributed by atoms with Crippen molar-refractivity contribution in [2.75, 3.05) is 20.1 Å². The summed E-state index contributed by atoms with van der Waals surface area (Å²) in [5.74, 6) is 3.21. The van der Waals surface area contributed by atoms with Crippen molar-refractivity contribution in [1.29, 1.82) is 0 Å². The van der Waals surface area contributed by atoms with Gasteiger partial charge >= 0.3 is 0 Å². The van der Waals surface area contributed by atoms with Gasteiger partial charge in [-0.15, -0.1) is 34.2 Å². The first-order valence-corrected chi connectivity index (χ1v) is 8.57. The van der Waals surface area contributed by atoms with Crippen molar-refractivity contribution in [3.8, 4) is 5.69 Å². The van der Waals surface area contributed by atoms with E-state index in [1.54, 1.807) is 6.33 Å². The lowest BCUT2D eigenvalue weighted by Gasteiger charge is -2.37. The molecule has 25 heavy (non-hydrogen) atoms. The lowest BCUT2D eigenvalue weighted by Crippen LogP contribution is -2.48. The molecule has 2 aromatic rings. The van der Waals surface area contributed by atoms with Crippen LogP contribution in [0.5, 0.6) is 0 Å². The molecule has 1 N–H and O–H groups in total. The van der Waals surface area contributed by atoms with Crippen LogP contribution in [0.1, 0.15) is 26.1 Å². The Bertz CT molecular complexity index is 674. The molecule has 1 aliphatic heterocycles. The third-order valence-electron chi connectivity index (χ3n) is 4.44. The molecule has 1 aromatic heterocycles. The Morgan fingerprint density at radius 2 is 1.88 bits per heavy atom. The third-order valence-corrected chi connectivity index (χ3v) is 4.44. The molecule has 0 spiro atoms. The normalized spacial score (nSPS) is 20.9. The molecule has 0 saturated carbocycles. The molecular weight excluding hydrogens is 427 g/mol. The predicted molar refractivity (Wildman–Crippen MR) is 111 cm³/mol. The van der Waals surface area contributed by atoms with E-state index >= 15 is 0 Å². The van der Waals surface area contributed by atoms with Crippen LogP contribution in [0.25, 0.3) is 5.69 Å². The number of nitrogens with one attached hydrogen (secondary N) is 1. The first kappa shape index (κ1) is 19.7. The van der Waals surface area contributed by atoms with Gasteiger partial charge in [0, 0.05) is 25.8 Å². The highest BCUT2D eigenvalue weighted by Gasteiger charge is 2.24. The summed E-state index contributed by atoms with van der Waals surface area (Å²) in [6.07, 6.45) is 3.04. The summed E-state index contributed by atoms with van der Waals surface area (Å²) >= 11 is 0. The van der Waals surface area contributed by atoms with Crippen LogP contribution in [0, 0.1) is 11.8 Å². The minimum atomic E-state index is 0. The zero-order valence-electron chi connectivity index (χ0n) is 15.1. The van der Waals surface area contributed by atoms with Crippen LogP contribution in [0.4, 0.5) is 0 Å². The van der Waals surface area contributed by atoms with Gasteiger partial charge in [0.25, 0.3) is 0 Å². The van der Waals surface area contributed by atoms with Gasteiger partial charge in [0.15, 0.2) is 11.8 Å². The fourth-order valence-electron chi connectivity index (χ4n) is 3.51. The Morgan fingerprint density at radius 3 is 2.52 bits per heavy atom. The highest BCUT2D eigenvalue weighted by atomic mass is 127. The second-order valence-corrected chi connectivity index (χ2v) is 6.70. The molecule has 7 heteroatoms. The van der Waals surface area contributed by atoms with Gasteiger partial charge in [-0.25, -0.2) is 0 Å². The molecule has 0 radical (unpaired) electrons. The molecule has 1 aromatic carbocycles. The molecule has 1 fully saturated rings. The van der Waals surface area contributed by atoms with Crippen LogP contribution in [0.15, 0.2) is 41.7 Å². The smallest absolute Gasteiger partial charge is 0.194 e. The first-order chi connectivity index (χ1) is 11.7. The average molecular weight is 454 g/mol. The van der Waals surface area contributed by atoms with Gasteiger partial charge in [-0.3, -0.25) is 9.56 Å². The summed E-state index contributed by atoms with van der Waals surface area (Å²) in [7, 11) is 1.84. The molecule has 2 atom stereocenters. The number of hydrogen-bond donors (Lipinski definition) is 1. The number of likely N-dealkylation sites (tertiary alicyclic amines) is 1. The lowest BCUT2D eigenvalue weighted by molar-refractivity contribution is 0.208. The molecule has 2 heterocycles. The summed E-state index contributed by atoms with van der Waals surface area (Å²) in [5.41, 5.74) is 1.06. The van der Waals surface area contributed by atoms with E-state index in [-0.39, 0.29) is 24.0 Å². The molecule has 6 nitrogen and oxygen atoms in total. The predicted octanol–water partition coefficient (Wildman–Crippen LogP) is 2.94. The maximum Gasteiger partial charge on any atom is 0.194 e. The number of halogens is 1. The van der Waals surface area contributed by atoms with Gasteiger partial charge in [0.05, 0.1) is 6.54 Å². The quantitative estimate of drug-likeness (QED) is 0.440. The lowest BCUT2D eigenvalue weighted by atomic mass is 9.92. The van der Waals surface area contributed by atoms with E-state index < -0.39 is 0 Å². The van der Waals surface area contributed by atoms with E-state index in [4.69, 9.17) is 0 Å². The zero-order chi connectivity index (χ0) is 16.9. The Balaban J connectivity index is 0.00000225. The van der Waals surface area contributed by atoms with Gasteiger partial charge < -0.3 is 10.2 Å². The van der Waals surface area contributed by atoms with E-state index in [0.717, 1.165) is 30.6 Å². The minimum absolute atomic E-state index is 0. The summed E-state index contributed by atoms with van der Waals surface area (Å²) in [4.78, 5) is 6.81. The van der Waals surface area contributed by atoms with Gasteiger partial charge in [-0.2, -0.15) is 0 Å². The fourth-order valence-corrected chi connectivity index (χ4v) is 3.51. The molecule has 1 aliphatic rings. The molecular formula is C18H27IN6. The number of rotatable bonds is 3. The molecule has 1 saturated heterocycles. The topological polar surface area (TPSA) is 58.3 Å². The molecule has 3 rings (SSSR count). The SMILES string of the molecule is CN=C(NCc1nncn1-c1ccccc1)N1CC(C)CC(C)C1.I. The number of aliphatic imine (C=N–C) groups is 1. The number of nitrogens with zero attached hydrogens (tertiary/aromatic N) is 5. The van der Waals surface area contributed by atoms with Gasteiger partial charge in [0.2, 0.25) is 0 Å². The van der Waals surface area contributed by atoms with E-state index in [1.807, 2.05) is 29.8 Å². The summed E-state index contributed by atoms with van der Waals surface area (Å²) in [6.45, 7) is 7.32. The summed E-state index contributed by atoms with van der Waals surface area (Å²) in [6, 6.07) is 10.1. The number of para-hydroxylation sites is 1.